The molecule has 0 saturated carbocycles. The van der Waals surface area contributed by atoms with Crippen LogP contribution in [0.4, 0.5) is 0 Å². The third-order valence-electron chi connectivity index (χ3n) is 16.4. The minimum Gasteiger partial charge on any atom is -0.455 e. The molecule has 0 fully saturated rings. The second-order valence-corrected chi connectivity index (χ2v) is 21.1. The van der Waals surface area contributed by atoms with Crippen LogP contribution in [0.1, 0.15) is 5.56 Å². The first-order chi connectivity index (χ1) is 41.1. The van der Waals surface area contributed by atoms with Gasteiger partial charge < -0.3 is 13.6 Å². The largest absolute Gasteiger partial charge is 0.455 e. The predicted octanol–water partition coefficient (Wildman–Crippen LogP) is 20.1. The van der Waals surface area contributed by atoms with Gasteiger partial charge in [-0.2, -0.15) is 5.26 Å². The van der Waals surface area contributed by atoms with Crippen molar-refractivity contribution in [1.82, 2.24) is 19.1 Å². The zero-order chi connectivity index (χ0) is 55.0. The maximum atomic E-state index is 12.3. The van der Waals surface area contributed by atoms with E-state index in [4.69, 9.17) is 14.4 Å². The summed E-state index contributed by atoms with van der Waals surface area (Å²) < 4.78 is 12.1. The highest BCUT2D eigenvalue weighted by molar-refractivity contribution is 6.19. The minimum absolute atomic E-state index is 0.501. The van der Waals surface area contributed by atoms with Crippen LogP contribution in [0.2, 0.25) is 0 Å². The summed E-state index contributed by atoms with van der Waals surface area (Å²) in [5.41, 5.74) is 20.2. The van der Waals surface area contributed by atoms with Crippen LogP contribution in [0.15, 0.2) is 290 Å². The Morgan fingerprint density at radius 3 is 1.16 bits per heavy atom. The van der Waals surface area contributed by atoms with Crippen molar-refractivity contribution in [2.45, 2.75) is 0 Å². The number of rotatable bonds is 9. The van der Waals surface area contributed by atoms with Crippen LogP contribution >= 0.6 is 0 Å². The van der Waals surface area contributed by atoms with Crippen molar-refractivity contribution in [2.24, 2.45) is 0 Å². The molecule has 4 heterocycles. The Labute approximate surface area is 478 Å². The van der Waals surface area contributed by atoms with Crippen LogP contribution in [0.25, 0.3) is 155 Å². The number of fused-ring (bicyclic) bond motifs is 9. The molecule has 0 spiro atoms. The van der Waals surface area contributed by atoms with Gasteiger partial charge in [0.05, 0.1) is 50.2 Å². The van der Waals surface area contributed by atoms with Gasteiger partial charge in [-0.05, 0) is 105 Å². The molecule has 0 bridgehead atoms. The average Bonchev–Trinajstić information content (AvgIpc) is 2.35. The van der Waals surface area contributed by atoms with Gasteiger partial charge in [-0.25, -0.2) is 9.97 Å². The zero-order valence-corrected chi connectivity index (χ0v) is 44.8. The first kappa shape index (κ1) is 47.6. The molecule has 0 saturated heterocycles. The van der Waals surface area contributed by atoms with E-state index >= 15 is 0 Å². The van der Waals surface area contributed by atoms with Crippen molar-refractivity contribution < 1.29 is 4.42 Å². The number of furan rings is 1. The molecule has 0 atom stereocenters. The van der Waals surface area contributed by atoms with Crippen molar-refractivity contribution in [3.63, 3.8) is 0 Å². The van der Waals surface area contributed by atoms with Gasteiger partial charge in [0, 0.05) is 49.7 Å². The lowest BCUT2D eigenvalue weighted by atomic mass is 10.0. The first-order valence-electron chi connectivity index (χ1n) is 27.9. The van der Waals surface area contributed by atoms with Gasteiger partial charge in [0.15, 0.2) is 5.82 Å². The summed E-state index contributed by atoms with van der Waals surface area (Å²) in [7, 11) is 0. The number of hydrogen-bond acceptors (Lipinski definition) is 4. The van der Waals surface area contributed by atoms with E-state index in [0.29, 0.717) is 33.9 Å². The van der Waals surface area contributed by atoms with E-state index in [-0.39, 0.29) is 0 Å². The molecule has 0 N–H and O–H groups in total. The van der Waals surface area contributed by atoms with Gasteiger partial charge in [-0.15, -0.1) is 0 Å². The zero-order valence-electron chi connectivity index (χ0n) is 44.8. The molecule has 16 rings (SSSR count). The molecule has 6 nitrogen and oxygen atoms in total. The van der Waals surface area contributed by atoms with Crippen LogP contribution < -0.4 is 0 Å². The fraction of sp³-hybridized carbons (Fsp3) is 0. The molecule has 4 aromatic heterocycles. The van der Waals surface area contributed by atoms with Crippen LogP contribution in [0.3, 0.4) is 0 Å². The normalized spacial score (nSPS) is 11.6. The summed E-state index contributed by atoms with van der Waals surface area (Å²) in [6.45, 7) is 0. The van der Waals surface area contributed by atoms with E-state index < -0.39 is 0 Å². The molecule has 0 aliphatic rings. The number of aromatic nitrogens is 4. The third-order valence-corrected chi connectivity index (χ3v) is 16.4. The molecule has 83 heavy (non-hydrogen) atoms. The van der Waals surface area contributed by atoms with E-state index in [1.165, 1.54) is 0 Å². The summed E-state index contributed by atoms with van der Waals surface area (Å²) in [5.74, 6) is 0.608. The van der Waals surface area contributed by atoms with Crippen LogP contribution in [0.5, 0.6) is 0 Å². The molecular formula is C77H47N5O. The molecule has 0 aliphatic heterocycles. The number of nitriles is 1. The molecule has 16 aromatic rings. The fourth-order valence-corrected chi connectivity index (χ4v) is 12.5. The minimum atomic E-state index is 0.501. The molecule has 0 amide bonds. The molecule has 0 radical (unpaired) electrons. The Balaban J connectivity index is 1.04. The highest BCUT2D eigenvalue weighted by atomic mass is 16.3. The molecule has 0 unspecified atom stereocenters. The van der Waals surface area contributed by atoms with Crippen molar-refractivity contribution in [3.8, 4) is 95.9 Å². The van der Waals surface area contributed by atoms with Gasteiger partial charge in [0.25, 0.3) is 0 Å². The Kier molecular flexibility index (Phi) is 11.2. The highest BCUT2D eigenvalue weighted by Gasteiger charge is 2.28. The topological polar surface area (TPSA) is 72.6 Å². The SMILES string of the molecule is N#Cc1c(-n2c3ccc(-c4ccccc4)cc3c3cc(-c4ccccc4)ccc32)cc2oc3c(-c4cc(-c5ccccc5)nc(-c5ccccc5)n4)cccc3c2c1-n1c2ccc(-c3ccccc3)cc2c2cc(-c3ccccc3)ccc21. The van der Waals surface area contributed by atoms with Gasteiger partial charge in [-0.3, -0.25) is 0 Å². The average molecular weight is 1060 g/mol. The predicted molar refractivity (Wildman–Crippen MR) is 341 cm³/mol. The molecule has 386 valence electrons. The maximum Gasteiger partial charge on any atom is 0.160 e. The summed E-state index contributed by atoms with van der Waals surface area (Å²) in [6.07, 6.45) is 0. The Morgan fingerprint density at radius 2 is 0.723 bits per heavy atom. The number of nitrogens with zero attached hydrogens (tertiary/aromatic N) is 5. The second-order valence-electron chi connectivity index (χ2n) is 21.1. The lowest BCUT2D eigenvalue weighted by Crippen LogP contribution is -2.05. The Morgan fingerprint density at radius 1 is 0.325 bits per heavy atom. The smallest absolute Gasteiger partial charge is 0.160 e. The van der Waals surface area contributed by atoms with Crippen molar-refractivity contribution in [3.05, 3.63) is 291 Å². The van der Waals surface area contributed by atoms with E-state index in [1.54, 1.807) is 0 Å². The van der Waals surface area contributed by atoms with Crippen molar-refractivity contribution in [1.29, 1.82) is 5.26 Å². The summed E-state index contributed by atoms with van der Waals surface area (Å²) in [4.78, 5) is 10.5. The highest BCUT2D eigenvalue weighted by Crippen LogP contribution is 2.48. The van der Waals surface area contributed by atoms with Crippen LogP contribution in [-0.4, -0.2) is 19.1 Å². The van der Waals surface area contributed by atoms with Gasteiger partial charge in [-0.1, -0.05) is 218 Å². The Hall–Kier alpha value is -11.4. The molecule has 6 heteroatoms. The quantitative estimate of drug-likeness (QED) is 0.144. The van der Waals surface area contributed by atoms with Crippen LogP contribution in [0, 0.1) is 11.3 Å². The monoisotopic (exact) mass is 1060 g/mol. The summed E-state index contributed by atoms with van der Waals surface area (Å²) >= 11 is 0. The summed E-state index contributed by atoms with van der Waals surface area (Å²) in [6, 6.07) is 103. The number of hydrogen-bond donors (Lipinski definition) is 0. The fourth-order valence-electron chi connectivity index (χ4n) is 12.5. The van der Waals surface area contributed by atoms with Gasteiger partial charge in [0.2, 0.25) is 0 Å². The first-order valence-corrected chi connectivity index (χ1v) is 27.9. The lowest BCUT2D eigenvalue weighted by molar-refractivity contribution is 0.669. The third kappa shape index (κ3) is 7.94. The standard InChI is InChI=1S/C77H47N5O/c78-48-65-72(81-68-38-34-55(49-20-7-1-8-21-49)42-61(68)62-43-56(35-39-69(62)81)50-22-9-2-10-23-50)47-73-74(60-33-19-32-59(76(60)83-73)67-46-66(53-28-15-5-16-29-53)79-77(80-67)54-30-17-6-18-31-54)75(65)82-70-40-36-57(51-24-11-3-12-25-51)44-63(70)64-45-58(37-41-71(64)82)52-26-13-4-14-27-52/h1-47H. The Bertz CT molecular complexity index is 4980. The number of para-hydroxylation sites is 1. The molecule has 0 aliphatic carbocycles. The van der Waals surface area contributed by atoms with E-state index in [1.807, 2.05) is 48.5 Å². The van der Waals surface area contributed by atoms with E-state index in [2.05, 4.69) is 252 Å². The van der Waals surface area contributed by atoms with Crippen LogP contribution in [-0.2, 0) is 0 Å². The lowest BCUT2D eigenvalue weighted by Gasteiger charge is -2.17. The van der Waals surface area contributed by atoms with E-state index in [9.17, 15) is 5.26 Å². The van der Waals surface area contributed by atoms with Gasteiger partial charge >= 0.3 is 0 Å². The van der Waals surface area contributed by atoms with Crippen molar-refractivity contribution >= 4 is 65.6 Å². The van der Waals surface area contributed by atoms with Crippen molar-refractivity contribution in [2.75, 3.05) is 0 Å². The summed E-state index contributed by atoms with van der Waals surface area (Å²) in [5, 5.41) is 18.3. The van der Waals surface area contributed by atoms with Gasteiger partial charge in [0.1, 0.15) is 22.8 Å². The molecular weight excluding hydrogens is 1010 g/mol. The maximum absolute atomic E-state index is 12.3. The molecule has 12 aromatic carbocycles. The second kappa shape index (κ2) is 19.5. The number of benzene rings is 12. The van der Waals surface area contributed by atoms with E-state index in [0.717, 1.165) is 127 Å².